The standard InChI is InChI=1S/C22H29NO6/c1-14-20(23-21(29-14)17-7-5-8-18(11-17)26-3)13-28-19-9-4-6-16(10-19)12-27-15(2)22(24)25/h5,7-8,11,15-16,19H,4,6,9-10,12-13H2,1-3H3,(H,24,25)/t15?,16-,19+/m0/s1. The fourth-order valence-corrected chi connectivity index (χ4v) is 3.53. The normalized spacial score (nSPS) is 20.4. The molecule has 0 amide bonds. The monoisotopic (exact) mass is 403 g/mol. The number of benzene rings is 1. The van der Waals surface area contributed by atoms with Gasteiger partial charge in [-0.1, -0.05) is 12.5 Å². The Balaban J connectivity index is 1.54. The van der Waals surface area contributed by atoms with Crippen LogP contribution in [0.2, 0.25) is 0 Å². The van der Waals surface area contributed by atoms with Gasteiger partial charge in [-0.25, -0.2) is 9.78 Å². The number of aliphatic carboxylic acids is 1. The van der Waals surface area contributed by atoms with Crippen LogP contribution in [-0.4, -0.2) is 42.0 Å². The summed E-state index contributed by atoms with van der Waals surface area (Å²) in [7, 11) is 1.63. The minimum Gasteiger partial charge on any atom is -0.497 e. The van der Waals surface area contributed by atoms with Crippen molar-refractivity contribution in [2.75, 3.05) is 13.7 Å². The summed E-state index contributed by atoms with van der Waals surface area (Å²) in [6.45, 7) is 4.30. The fraction of sp³-hybridized carbons (Fsp3) is 0.545. The van der Waals surface area contributed by atoms with E-state index in [9.17, 15) is 4.79 Å². The van der Waals surface area contributed by atoms with Gasteiger partial charge in [0.1, 0.15) is 17.2 Å². The Morgan fingerprint density at radius 3 is 2.97 bits per heavy atom. The lowest BCUT2D eigenvalue weighted by molar-refractivity contribution is -0.150. The number of carboxylic acids is 1. The molecule has 2 aromatic rings. The van der Waals surface area contributed by atoms with E-state index < -0.39 is 12.1 Å². The SMILES string of the molecule is COc1cccc(-c2nc(CO[C@@H]3CCC[C@H](COC(C)C(=O)O)C3)c(C)o2)c1. The Morgan fingerprint density at radius 2 is 2.21 bits per heavy atom. The van der Waals surface area contributed by atoms with Crippen LogP contribution in [0.15, 0.2) is 28.7 Å². The van der Waals surface area contributed by atoms with E-state index in [0.717, 1.165) is 48.5 Å². The van der Waals surface area contributed by atoms with E-state index in [4.69, 9.17) is 23.7 Å². The fourth-order valence-electron chi connectivity index (χ4n) is 3.53. The molecule has 1 heterocycles. The summed E-state index contributed by atoms with van der Waals surface area (Å²) >= 11 is 0. The first-order chi connectivity index (χ1) is 14.0. The van der Waals surface area contributed by atoms with Gasteiger partial charge in [-0.3, -0.25) is 0 Å². The van der Waals surface area contributed by atoms with Crippen LogP contribution in [0.5, 0.6) is 5.75 Å². The molecule has 1 aliphatic rings. The summed E-state index contributed by atoms with van der Waals surface area (Å²) in [6, 6.07) is 7.60. The Labute approximate surface area is 171 Å². The number of hydrogen-bond acceptors (Lipinski definition) is 6. The molecule has 29 heavy (non-hydrogen) atoms. The molecule has 1 N–H and O–H groups in total. The lowest BCUT2D eigenvalue weighted by Gasteiger charge is -2.29. The van der Waals surface area contributed by atoms with Crippen molar-refractivity contribution in [3.63, 3.8) is 0 Å². The summed E-state index contributed by atoms with van der Waals surface area (Å²) < 4.78 is 22.6. The molecule has 1 aromatic carbocycles. The second-order valence-electron chi connectivity index (χ2n) is 7.53. The van der Waals surface area contributed by atoms with Crippen LogP contribution in [0.3, 0.4) is 0 Å². The Morgan fingerprint density at radius 1 is 1.38 bits per heavy atom. The highest BCUT2D eigenvalue weighted by Crippen LogP contribution is 2.29. The number of aryl methyl sites for hydroxylation is 1. The maximum atomic E-state index is 10.9. The Hall–Kier alpha value is -2.38. The van der Waals surface area contributed by atoms with E-state index in [1.165, 1.54) is 0 Å². The van der Waals surface area contributed by atoms with E-state index >= 15 is 0 Å². The van der Waals surface area contributed by atoms with Crippen LogP contribution in [0, 0.1) is 12.8 Å². The number of carboxylic acid groups (broad SMARTS) is 1. The quantitative estimate of drug-likeness (QED) is 0.670. The van der Waals surface area contributed by atoms with Gasteiger partial charge in [0.2, 0.25) is 5.89 Å². The van der Waals surface area contributed by atoms with Crippen LogP contribution in [0.25, 0.3) is 11.5 Å². The van der Waals surface area contributed by atoms with Gasteiger partial charge in [-0.05, 0) is 57.2 Å². The van der Waals surface area contributed by atoms with Crippen molar-refractivity contribution in [2.45, 2.75) is 58.3 Å². The van der Waals surface area contributed by atoms with Crippen molar-refractivity contribution >= 4 is 5.97 Å². The summed E-state index contributed by atoms with van der Waals surface area (Å²) in [5, 5.41) is 8.94. The molecule has 3 rings (SSSR count). The highest BCUT2D eigenvalue weighted by atomic mass is 16.5. The van der Waals surface area contributed by atoms with E-state index in [-0.39, 0.29) is 6.10 Å². The number of methoxy groups -OCH3 is 1. The predicted molar refractivity (Wildman–Crippen MR) is 107 cm³/mol. The van der Waals surface area contributed by atoms with Crippen molar-refractivity contribution in [1.29, 1.82) is 0 Å². The van der Waals surface area contributed by atoms with Gasteiger partial charge in [0.25, 0.3) is 0 Å². The zero-order valence-corrected chi connectivity index (χ0v) is 17.2. The van der Waals surface area contributed by atoms with Gasteiger partial charge in [0.15, 0.2) is 6.10 Å². The molecule has 0 aliphatic heterocycles. The molecule has 0 bridgehead atoms. The van der Waals surface area contributed by atoms with Gasteiger partial charge < -0.3 is 23.7 Å². The van der Waals surface area contributed by atoms with Crippen LogP contribution >= 0.6 is 0 Å². The summed E-state index contributed by atoms with van der Waals surface area (Å²) in [5.41, 5.74) is 1.65. The minimum absolute atomic E-state index is 0.119. The zero-order chi connectivity index (χ0) is 20.8. The molecular formula is C22H29NO6. The summed E-state index contributed by atoms with van der Waals surface area (Å²) in [5.74, 6) is 1.44. The van der Waals surface area contributed by atoms with Gasteiger partial charge in [-0.15, -0.1) is 0 Å². The van der Waals surface area contributed by atoms with Gasteiger partial charge in [0, 0.05) is 5.56 Å². The third-order valence-electron chi connectivity index (χ3n) is 5.33. The van der Waals surface area contributed by atoms with Crippen LogP contribution < -0.4 is 4.74 Å². The molecule has 1 fully saturated rings. The molecule has 0 radical (unpaired) electrons. The molecule has 1 aromatic heterocycles. The van der Waals surface area contributed by atoms with E-state index in [2.05, 4.69) is 4.98 Å². The molecule has 7 heteroatoms. The molecule has 1 aliphatic carbocycles. The highest BCUT2D eigenvalue weighted by Gasteiger charge is 2.25. The predicted octanol–water partition coefficient (Wildman–Crippen LogP) is 4.22. The largest absolute Gasteiger partial charge is 0.497 e. The lowest BCUT2D eigenvalue weighted by Crippen LogP contribution is -2.29. The van der Waals surface area contributed by atoms with E-state index in [1.807, 2.05) is 31.2 Å². The molecule has 0 spiro atoms. The number of ether oxygens (including phenoxy) is 3. The zero-order valence-electron chi connectivity index (χ0n) is 17.2. The number of nitrogens with zero attached hydrogens (tertiary/aromatic N) is 1. The molecule has 1 saturated carbocycles. The number of hydrogen-bond donors (Lipinski definition) is 1. The van der Waals surface area contributed by atoms with Crippen LogP contribution in [-0.2, 0) is 20.9 Å². The van der Waals surface area contributed by atoms with Gasteiger partial charge in [0.05, 0.1) is 26.4 Å². The maximum Gasteiger partial charge on any atom is 0.332 e. The second kappa shape index (κ2) is 9.89. The smallest absolute Gasteiger partial charge is 0.332 e. The van der Waals surface area contributed by atoms with Crippen molar-refractivity contribution < 1.29 is 28.5 Å². The summed E-state index contributed by atoms with van der Waals surface area (Å²) in [6.07, 6.45) is 3.29. The molecule has 158 valence electrons. The number of carbonyl (C=O) groups is 1. The molecular weight excluding hydrogens is 374 g/mol. The van der Waals surface area contributed by atoms with Crippen molar-refractivity contribution in [2.24, 2.45) is 5.92 Å². The first-order valence-electron chi connectivity index (χ1n) is 10.0. The average Bonchev–Trinajstić information content (AvgIpc) is 3.11. The third-order valence-corrected chi connectivity index (χ3v) is 5.33. The Bertz CT molecular complexity index is 817. The third kappa shape index (κ3) is 5.81. The van der Waals surface area contributed by atoms with Crippen LogP contribution in [0.4, 0.5) is 0 Å². The molecule has 0 saturated heterocycles. The number of aromatic nitrogens is 1. The molecule has 7 nitrogen and oxygen atoms in total. The Kier molecular flexibility index (Phi) is 7.28. The van der Waals surface area contributed by atoms with E-state index in [1.54, 1.807) is 14.0 Å². The van der Waals surface area contributed by atoms with Gasteiger partial charge >= 0.3 is 5.97 Å². The summed E-state index contributed by atoms with van der Waals surface area (Å²) in [4.78, 5) is 15.5. The lowest BCUT2D eigenvalue weighted by atomic mass is 9.87. The molecule has 1 unspecified atom stereocenters. The second-order valence-corrected chi connectivity index (χ2v) is 7.53. The topological polar surface area (TPSA) is 91.0 Å². The van der Waals surface area contributed by atoms with Crippen molar-refractivity contribution in [3.05, 3.63) is 35.7 Å². The average molecular weight is 403 g/mol. The first kappa shape index (κ1) is 21.3. The van der Waals surface area contributed by atoms with Crippen molar-refractivity contribution in [3.8, 4) is 17.2 Å². The highest BCUT2D eigenvalue weighted by molar-refractivity contribution is 5.71. The number of rotatable bonds is 9. The minimum atomic E-state index is -0.929. The van der Waals surface area contributed by atoms with Crippen molar-refractivity contribution in [1.82, 2.24) is 4.98 Å². The first-order valence-corrected chi connectivity index (χ1v) is 10.0. The number of oxazole rings is 1. The van der Waals surface area contributed by atoms with Gasteiger partial charge in [-0.2, -0.15) is 0 Å². The van der Waals surface area contributed by atoms with E-state index in [0.29, 0.717) is 25.0 Å². The maximum absolute atomic E-state index is 10.9. The van der Waals surface area contributed by atoms with Crippen LogP contribution in [0.1, 0.15) is 44.1 Å². The molecule has 3 atom stereocenters.